The molecule has 0 radical (unpaired) electrons. The third-order valence-corrected chi connectivity index (χ3v) is 5.57. The van der Waals surface area contributed by atoms with Crippen LogP contribution in [0, 0.1) is 3.57 Å². The Bertz CT molecular complexity index is 548. The number of hydrogen-bond donors (Lipinski definition) is 2. The van der Waals surface area contributed by atoms with Crippen LogP contribution in [0.4, 0.5) is 5.69 Å². The van der Waals surface area contributed by atoms with Crippen LogP contribution in [0.5, 0.6) is 0 Å². The average molecular weight is 449 g/mol. The van der Waals surface area contributed by atoms with Crippen LogP contribution in [0.15, 0.2) is 22.7 Å². The van der Waals surface area contributed by atoms with Crippen molar-refractivity contribution in [1.82, 2.24) is 0 Å². The molecule has 8 heteroatoms. The lowest BCUT2D eigenvalue weighted by molar-refractivity contribution is 0.598. The molecule has 0 aliphatic carbocycles. The van der Waals surface area contributed by atoms with Gasteiger partial charge in [-0.1, -0.05) is 12.2 Å². The minimum Gasteiger partial charge on any atom is -0.392 e. The van der Waals surface area contributed by atoms with Crippen molar-refractivity contribution in [3.05, 3.63) is 26.2 Å². The molecule has 0 saturated heterocycles. The highest BCUT2D eigenvalue weighted by Gasteiger charge is 2.23. The number of benzene rings is 1. The minimum absolute atomic E-state index is 0.0564. The molecule has 1 rings (SSSR count). The number of nitrogens with two attached hydrogens (primary N) is 1. The molecule has 0 bridgehead atoms. The smallest absolute Gasteiger partial charge is 0.241 e. The number of nitrogens with one attached hydrogen (secondary N) is 1. The summed E-state index contributed by atoms with van der Waals surface area (Å²) in [5.41, 5.74) is 5.80. The molecule has 0 heterocycles. The monoisotopic (exact) mass is 448 g/mol. The first-order chi connectivity index (χ1) is 7.74. The summed E-state index contributed by atoms with van der Waals surface area (Å²) in [6.45, 7) is 1.45. The lowest BCUT2D eigenvalue weighted by Crippen LogP contribution is -2.35. The molecular formula is C9H10BrIN2O2S2. The van der Waals surface area contributed by atoms with Gasteiger partial charge in [0.25, 0.3) is 0 Å². The number of thiocarbonyl (C=S) groups is 1. The zero-order chi connectivity index (χ0) is 13.2. The van der Waals surface area contributed by atoms with Gasteiger partial charge < -0.3 is 5.73 Å². The average Bonchev–Trinajstić information content (AvgIpc) is 2.21. The van der Waals surface area contributed by atoms with E-state index in [9.17, 15) is 8.42 Å². The molecule has 1 unspecified atom stereocenters. The van der Waals surface area contributed by atoms with Gasteiger partial charge in [0.1, 0.15) is 5.25 Å². The number of halogens is 2. The Morgan fingerprint density at radius 2 is 2.18 bits per heavy atom. The molecule has 0 aromatic heterocycles. The molecule has 3 N–H and O–H groups in total. The molecule has 17 heavy (non-hydrogen) atoms. The first-order valence-corrected chi connectivity index (χ1v) is 8.32. The number of anilines is 1. The predicted molar refractivity (Wildman–Crippen MR) is 85.6 cm³/mol. The Balaban J connectivity index is 3.02. The van der Waals surface area contributed by atoms with Gasteiger partial charge in [-0.15, -0.1) is 0 Å². The fraction of sp³-hybridized carbons (Fsp3) is 0.222. The van der Waals surface area contributed by atoms with Crippen molar-refractivity contribution in [1.29, 1.82) is 0 Å². The molecule has 1 aromatic rings. The van der Waals surface area contributed by atoms with Crippen molar-refractivity contribution in [3.63, 3.8) is 0 Å². The maximum Gasteiger partial charge on any atom is 0.241 e. The predicted octanol–water partition coefficient (Wildman–Crippen LogP) is 2.47. The van der Waals surface area contributed by atoms with Crippen molar-refractivity contribution < 1.29 is 8.42 Å². The Kier molecular flexibility index (Phi) is 5.17. The summed E-state index contributed by atoms with van der Waals surface area (Å²) in [6.07, 6.45) is 0. The summed E-state index contributed by atoms with van der Waals surface area (Å²) >= 11 is 10.1. The maximum absolute atomic E-state index is 11.9. The van der Waals surface area contributed by atoms with Gasteiger partial charge in [0.05, 0.1) is 10.7 Å². The Hall–Kier alpha value is 0.0700. The molecule has 0 amide bonds. The third-order valence-electron chi connectivity index (χ3n) is 2.05. The quantitative estimate of drug-likeness (QED) is 0.548. The van der Waals surface area contributed by atoms with Gasteiger partial charge in [0, 0.05) is 8.04 Å². The molecule has 0 saturated carbocycles. The zero-order valence-corrected chi connectivity index (χ0v) is 14.2. The van der Waals surface area contributed by atoms with Gasteiger partial charge >= 0.3 is 0 Å². The second kappa shape index (κ2) is 5.81. The number of rotatable bonds is 4. The van der Waals surface area contributed by atoms with Crippen LogP contribution in [0.3, 0.4) is 0 Å². The van der Waals surface area contributed by atoms with Gasteiger partial charge in [0.2, 0.25) is 10.0 Å². The van der Waals surface area contributed by atoms with Crippen LogP contribution in [0.2, 0.25) is 0 Å². The highest BCUT2D eigenvalue weighted by Crippen LogP contribution is 2.25. The topological polar surface area (TPSA) is 72.2 Å². The molecule has 0 fully saturated rings. The molecule has 0 aliphatic heterocycles. The molecule has 1 atom stereocenters. The van der Waals surface area contributed by atoms with Gasteiger partial charge in [-0.3, -0.25) is 4.72 Å². The summed E-state index contributed by atoms with van der Waals surface area (Å²) in [4.78, 5) is -0.0564. The molecule has 1 aromatic carbocycles. The lowest BCUT2D eigenvalue weighted by Gasteiger charge is -2.14. The van der Waals surface area contributed by atoms with E-state index in [0.717, 1.165) is 3.57 Å². The normalized spacial score (nSPS) is 13.1. The molecule has 0 aliphatic rings. The van der Waals surface area contributed by atoms with E-state index in [0.29, 0.717) is 10.2 Å². The molecule has 4 nitrogen and oxygen atoms in total. The van der Waals surface area contributed by atoms with E-state index in [1.807, 2.05) is 6.07 Å². The van der Waals surface area contributed by atoms with Gasteiger partial charge in [0.15, 0.2) is 0 Å². The van der Waals surface area contributed by atoms with Gasteiger partial charge in [-0.05, 0) is 63.6 Å². The SMILES string of the molecule is CC(C(N)=S)S(=O)(=O)Nc1ccc(I)cc1Br. The molecule has 94 valence electrons. The minimum atomic E-state index is -3.60. The molecular weight excluding hydrogens is 439 g/mol. The maximum atomic E-state index is 11.9. The van der Waals surface area contributed by atoms with Crippen molar-refractivity contribution in [2.45, 2.75) is 12.2 Å². The van der Waals surface area contributed by atoms with E-state index in [4.69, 9.17) is 5.73 Å². The van der Waals surface area contributed by atoms with E-state index in [1.54, 1.807) is 12.1 Å². The highest BCUT2D eigenvalue weighted by molar-refractivity contribution is 14.1. The Morgan fingerprint density at radius 1 is 1.59 bits per heavy atom. The lowest BCUT2D eigenvalue weighted by atomic mass is 10.3. The van der Waals surface area contributed by atoms with Crippen molar-refractivity contribution in [2.75, 3.05) is 4.72 Å². The first-order valence-electron chi connectivity index (χ1n) is 4.50. The van der Waals surface area contributed by atoms with Crippen LogP contribution < -0.4 is 10.5 Å². The molecule has 0 spiro atoms. The van der Waals surface area contributed by atoms with Crippen molar-refractivity contribution in [3.8, 4) is 0 Å². The largest absolute Gasteiger partial charge is 0.392 e. The van der Waals surface area contributed by atoms with Gasteiger partial charge in [-0.25, -0.2) is 8.42 Å². The van der Waals surface area contributed by atoms with Crippen molar-refractivity contribution in [2.24, 2.45) is 5.73 Å². The second-order valence-electron chi connectivity index (χ2n) is 3.32. The van der Waals surface area contributed by atoms with Gasteiger partial charge in [-0.2, -0.15) is 0 Å². The van der Waals surface area contributed by atoms with E-state index in [-0.39, 0.29) is 4.99 Å². The first kappa shape index (κ1) is 15.1. The van der Waals surface area contributed by atoms with Crippen LogP contribution in [0.25, 0.3) is 0 Å². The zero-order valence-electron chi connectivity index (χ0n) is 8.78. The Morgan fingerprint density at radius 3 is 2.65 bits per heavy atom. The van der Waals surface area contributed by atoms with E-state index >= 15 is 0 Å². The summed E-state index contributed by atoms with van der Waals surface area (Å²) in [6, 6.07) is 5.29. The van der Waals surface area contributed by atoms with Crippen LogP contribution in [-0.4, -0.2) is 18.7 Å². The number of hydrogen-bond acceptors (Lipinski definition) is 3. The standard InChI is InChI=1S/C9H10BrIN2O2S2/c1-5(9(12)16)17(14,15)13-8-3-2-6(11)4-7(8)10/h2-5,13H,1H3,(H2,12,16). The van der Waals surface area contributed by atoms with Crippen molar-refractivity contribution >= 4 is 71.4 Å². The summed E-state index contributed by atoms with van der Waals surface area (Å²) in [5.74, 6) is 0. The fourth-order valence-electron chi connectivity index (χ4n) is 0.967. The van der Waals surface area contributed by atoms with Crippen LogP contribution >= 0.6 is 50.7 Å². The summed E-state index contributed by atoms with van der Waals surface area (Å²) < 4.78 is 27.9. The van der Waals surface area contributed by atoms with E-state index in [1.165, 1.54) is 6.92 Å². The van der Waals surface area contributed by atoms with Crippen LogP contribution in [0.1, 0.15) is 6.92 Å². The van der Waals surface area contributed by atoms with Crippen LogP contribution in [-0.2, 0) is 10.0 Å². The Labute approximate surface area is 128 Å². The second-order valence-corrected chi connectivity index (χ2v) is 7.89. The fourth-order valence-corrected chi connectivity index (χ4v) is 3.84. The third kappa shape index (κ3) is 4.04. The van der Waals surface area contributed by atoms with E-state index in [2.05, 4.69) is 55.5 Å². The highest BCUT2D eigenvalue weighted by atomic mass is 127. The number of sulfonamides is 1. The summed E-state index contributed by atoms with van der Waals surface area (Å²) in [7, 11) is -3.60. The summed E-state index contributed by atoms with van der Waals surface area (Å²) in [5, 5.41) is -0.913. The van der Waals surface area contributed by atoms with E-state index < -0.39 is 15.3 Å².